The van der Waals surface area contributed by atoms with Gasteiger partial charge in [0.2, 0.25) is 0 Å². The van der Waals surface area contributed by atoms with Gasteiger partial charge >= 0.3 is 5.97 Å². The van der Waals surface area contributed by atoms with E-state index in [-0.39, 0.29) is 12.1 Å². The van der Waals surface area contributed by atoms with Gasteiger partial charge in [0, 0.05) is 22.5 Å². The number of esters is 1. The average Bonchev–Trinajstić information content (AvgIpc) is 2.73. The molecular weight excluding hydrogens is 372 g/mol. The summed E-state index contributed by atoms with van der Waals surface area (Å²) in [6, 6.07) is 17.0. The molecule has 0 N–H and O–H groups in total. The third-order valence-electron chi connectivity index (χ3n) is 5.27. The van der Waals surface area contributed by atoms with Gasteiger partial charge in [0.25, 0.3) is 0 Å². The van der Waals surface area contributed by atoms with Crippen molar-refractivity contribution in [3.63, 3.8) is 0 Å². The maximum absolute atomic E-state index is 13.1. The van der Waals surface area contributed by atoms with Crippen molar-refractivity contribution in [3.05, 3.63) is 65.2 Å². The molecule has 0 aliphatic carbocycles. The van der Waals surface area contributed by atoms with Crippen molar-refractivity contribution in [1.82, 2.24) is 9.88 Å². The summed E-state index contributed by atoms with van der Waals surface area (Å²) in [6.07, 6.45) is 1.88. The molecular formula is C23H23ClN2O2. The van der Waals surface area contributed by atoms with E-state index in [0.29, 0.717) is 16.3 Å². The molecule has 5 heteroatoms. The largest absolute Gasteiger partial charge is 0.457 e. The van der Waals surface area contributed by atoms with Gasteiger partial charge in [0.1, 0.15) is 6.10 Å². The lowest BCUT2D eigenvalue weighted by molar-refractivity contribution is 0.00794. The lowest BCUT2D eigenvalue weighted by Gasteiger charge is -2.31. The summed E-state index contributed by atoms with van der Waals surface area (Å²) < 4.78 is 5.90. The van der Waals surface area contributed by atoms with Gasteiger partial charge in [-0.15, -0.1) is 0 Å². The summed E-state index contributed by atoms with van der Waals surface area (Å²) in [6.45, 7) is 4.97. The van der Waals surface area contributed by atoms with Crippen molar-refractivity contribution in [2.45, 2.75) is 25.9 Å². The number of halogens is 1. The SMILES string of the molecule is CCN1CCC[C@H](OC(=O)c2cc(-c3ccccc3Cl)nc3ccccc23)C1. The first kappa shape index (κ1) is 18.9. The smallest absolute Gasteiger partial charge is 0.339 e. The summed E-state index contributed by atoms with van der Waals surface area (Å²) in [7, 11) is 0. The molecule has 1 aliphatic heterocycles. The number of hydrogen-bond acceptors (Lipinski definition) is 4. The minimum atomic E-state index is -0.296. The molecule has 1 fully saturated rings. The summed E-state index contributed by atoms with van der Waals surface area (Å²) in [5.74, 6) is -0.296. The predicted octanol–water partition coefficient (Wildman–Crippen LogP) is 5.20. The van der Waals surface area contributed by atoms with E-state index in [0.717, 1.165) is 48.9 Å². The van der Waals surface area contributed by atoms with Gasteiger partial charge in [0.05, 0.1) is 16.8 Å². The number of benzene rings is 2. The van der Waals surface area contributed by atoms with Crippen molar-refractivity contribution in [2.24, 2.45) is 0 Å². The van der Waals surface area contributed by atoms with Crippen molar-refractivity contribution in [1.29, 1.82) is 0 Å². The molecule has 0 saturated carbocycles. The summed E-state index contributed by atoms with van der Waals surface area (Å²) in [5.41, 5.74) is 2.77. The van der Waals surface area contributed by atoms with Gasteiger partial charge in [-0.1, -0.05) is 54.9 Å². The Bertz CT molecular complexity index is 1000. The van der Waals surface area contributed by atoms with Crippen molar-refractivity contribution >= 4 is 28.5 Å². The number of ether oxygens (including phenoxy) is 1. The van der Waals surface area contributed by atoms with Gasteiger partial charge in [-0.3, -0.25) is 4.90 Å². The molecule has 2 aromatic carbocycles. The first-order valence-corrected chi connectivity index (χ1v) is 10.1. The number of hydrogen-bond donors (Lipinski definition) is 0. The zero-order valence-corrected chi connectivity index (χ0v) is 16.7. The topological polar surface area (TPSA) is 42.4 Å². The Morgan fingerprint density at radius 1 is 1.21 bits per heavy atom. The predicted molar refractivity (Wildman–Crippen MR) is 113 cm³/mol. The van der Waals surface area contributed by atoms with E-state index in [9.17, 15) is 4.79 Å². The minimum Gasteiger partial charge on any atom is -0.457 e. The van der Waals surface area contributed by atoms with Crippen molar-refractivity contribution in [3.8, 4) is 11.3 Å². The van der Waals surface area contributed by atoms with E-state index in [4.69, 9.17) is 21.3 Å². The summed E-state index contributed by atoms with van der Waals surface area (Å²) in [5, 5.41) is 1.40. The molecule has 1 aromatic heterocycles. The second-order valence-corrected chi connectivity index (χ2v) is 7.52. The van der Waals surface area contributed by atoms with Gasteiger partial charge in [-0.05, 0) is 44.1 Å². The number of carbonyl (C=O) groups is 1. The van der Waals surface area contributed by atoms with Crippen LogP contribution in [0.2, 0.25) is 5.02 Å². The number of piperidine rings is 1. The highest BCUT2D eigenvalue weighted by molar-refractivity contribution is 6.33. The van der Waals surface area contributed by atoms with Crippen LogP contribution in [0.25, 0.3) is 22.2 Å². The molecule has 1 aliphatic rings. The molecule has 1 saturated heterocycles. The zero-order valence-electron chi connectivity index (χ0n) is 15.9. The molecule has 144 valence electrons. The van der Waals surface area contributed by atoms with Crippen LogP contribution in [-0.2, 0) is 4.74 Å². The number of rotatable bonds is 4. The van der Waals surface area contributed by atoms with E-state index in [2.05, 4.69) is 11.8 Å². The van der Waals surface area contributed by atoms with E-state index in [1.807, 2.05) is 48.5 Å². The highest BCUT2D eigenvalue weighted by Crippen LogP contribution is 2.30. The van der Waals surface area contributed by atoms with E-state index < -0.39 is 0 Å². The molecule has 0 bridgehead atoms. The fourth-order valence-corrected chi connectivity index (χ4v) is 4.00. The Morgan fingerprint density at radius 3 is 2.82 bits per heavy atom. The second kappa shape index (κ2) is 8.29. The Balaban J connectivity index is 1.71. The van der Waals surface area contributed by atoms with Crippen LogP contribution in [0, 0.1) is 0 Å². The molecule has 2 heterocycles. The highest BCUT2D eigenvalue weighted by Gasteiger charge is 2.24. The Morgan fingerprint density at radius 2 is 2.00 bits per heavy atom. The number of aromatic nitrogens is 1. The maximum atomic E-state index is 13.1. The molecule has 1 atom stereocenters. The summed E-state index contributed by atoms with van der Waals surface area (Å²) in [4.78, 5) is 20.1. The maximum Gasteiger partial charge on any atom is 0.339 e. The van der Waals surface area contributed by atoms with Gasteiger partial charge in [-0.2, -0.15) is 0 Å². The van der Waals surface area contributed by atoms with Crippen molar-refractivity contribution < 1.29 is 9.53 Å². The molecule has 4 rings (SSSR count). The van der Waals surface area contributed by atoms with E-state index >= 15 is 0 Å². The highest BCUT2D eigenvalue weighted by atomic mass is 35.5. The zero-order chi connectivity index (χ0) is 19.5. The lowest BCUT2D eigenvalue weighted by Crippen LogP contribution is -2.40. The number of fused-ring (bicyclic) bond motifs is 1. The third kappa shape index (κ3) is 3.89. The quantitative estimate of drug-likeness (QED) is 0.570. The van der Waals surface area contributed by atoms with Crippen LogP contribution >= 0.6 is 11.6 Å². The fourth-order valence-electron chi connectivity index (χ4n) is 3.76. The van der Waals surface area contributed by atoms with Crippen LogP contribution in [-0.4, -0.2) is 41.6 Å². The molecule has 0 amide bonds. The van der Waals surface area contributed by atoms with Gasteiger partial charge in [-0.25, -0.2) is 9.78 Å². The Kier molecular flexibility index (Phi) is 5.60. The van der Waals surface area contributed by atoms with Gasteiger partial charge in [0.15, 0.2) is 0 Å². The molecule has 0 spiro atoms. The first-order valence-electron chi connectivity index (χ1n) is 9.73. The van der Waals surface area contributed by atoms with Crippen molar-refractivity contribution in [2.75, 3.05) is 19.6 Å². The number of pyridine rings is 1. The number of nitrogens with zero attached hydrogens (tertiary/aromatic N) is 2. The van der Waals surface area contributed by atoms with Crippen LogP contribution < -0.4 is 0 Å². The van der Waals surface area contributed by atoms with Crippen LogP contribution in [0.15, 0.2) is 54.6 Å². The molecule has 3 aromatic rings. The summed E-state index contributed by atoms with van der Waals surface area (Å²) >= 11 is 6.37. The lowest BCUT2D eigenvalue weighted by atomic mass is 10.0. The fraction of sp³-hybridized carbons (Fsp3) is 0.304. The average molecular weight is 395 g/mol. The number of likely N-dealkylation sites (N-methyl/N-ethyl adjacent to an activating group) is 1. The third-order valence-corrected chi connectivity index (χ3v) is 5.60. The number of likely N-dealkylation sites (tertiary alicyclic amines) is 1. The standard InChI is InChI=1S/C23H23ClN2O2/c1-2-26-13-7-8-16(15-26)28-23(27)19-14-22(18-10-3-5-11-20(18)24)25-21-12-6-4-9-17(19)21/h3-6,9-12,14,16H,2,7-8,13,15H2,1H3/t16-/m0/s1. The second-order valence-electron chi connectivity index (χ2n) is 7.11. The Hall–Kier alpha value is -2.43. The van der Waals surface area contributed by atoms with Crippen LogP contribution in [0.3, 0.4) is 0 Å². The van der Waals surface area contributed by atoms with E-state index in [1.165, 1.54) is 0 Å². The molecule has 28 heavy (non-hydrogen) atoms. The normalized spacial score (nSPS) is 17.6. The van der Waals surface area contributed by atoms with Gasteiger partial charge < -0.3 is 4.74 Å². The van der Waals surface area contributed by atoms with E-state index in [1.54, 1.807) is 6.07 Å². The van der Waals surface area contributed by atoms with Crippen LogP contribution in [0.5, 0.6) is 0 Å². The minimum absolute atomic E-state index is 0.0723. The van der Waals surface area contributed by atoms with Crippen LogP contribution in [0.1, 0.15) is 30.1 Å². The first-order chi connectivity index (χ1) is 13.7. The Labute approximate surface area is 170 Å². The number of para-hydroxylation sites is 1. The van der Waals surface area contributed by atoms with Crippen LogP contribution in [0.4, 0.5) is 0 Å². The molecule has 0 unspecified atom stereocenters. The molecule has 4 nitrogen and oxygen atoms in total. The monoisotopic (exact) mass is 394 g/mol. The number of carbonyl (C=O) groups excluding carboxylic acids is 1. The molecule has 0 radical (unpaired) electrons.